The van der Waals surface area contributed by atoms with Crippen LogP contribution in [0.1, 0.15) is 25.0 Å². The zero-order chi connectivity index (χ0) is 14.1. The number of aromatic amines is 1. The molecular formula is C16H21N3O2. The van der Waals surface area contributed by atoms with Crippen LogP contribution < -0.4 is 0 Å². The summed E-state index contributed by atoms with van der Waals surface area (Å²) in [6.45, 7) is 5.03. The first-order valence-corrected chi connectivity index (χ1v) is 7.72. The lowest BCUT2D eigenvalue weighted by atomic mass is 9.79. The third-order valence-electron chi connectivity index (χ3n) is 4.73. The maximum atomic E-state index is 5.94. The molecule has 1 spiro atoms. The summed E-state index contributed by atoms with van der Waals surface area (Å²) in [7, 11) is 0. The van der Waals surface area contributed by atoms with Gasteiger partial charge in [-0.05, 0) is 44.0 Å². The van der Waals surface area contributed by atoms with Crippen LogP contribution in [-0.2, 0) is 11.3 Å². The Morgan fingerprint density at radius 3 is 3.10 bits per heavy atom. The molecule has 1 N–H and O–H groups in total. The predicted molar refractivity (Wildman–Crippen MR) is 78.7 cm³/mol. The van der Waals surface area contributed by atoms with E-state index in [1.54, 1.807) is 6.20 Å². The van der Waals surface area contributed by atoms with E-state index in [0.29, 0.717) is 5.41 Å². The molecule has 4 heterocycles. The molecule has 0 amide bonds. The molecule has 2 aliphatic rings. The molecule has 0 radical (unpaired) electrons. The molecule has 1 atom stereocenters. The van der Waals surface area contributed by atoms with Crippen LogP contribution in [0.2, 0.25) is 0 Å². The Hall–Kier alpha value is -1.59. The summed E-state index contributed by atoms with van der Waals surface area (Å²) in [5.74, 6) is 1.88. The summed E-state index contributed by atoms with van der Waals surface area (Å²) in [4.78, 5) is 2.51. The van der Waals surface area contributed by atoms with Gasteiger partial charge in [0.2, 0.25) is 0 Å². The summed E-state index contributed by atoms with van der Waals surface area (Å²) in [5.41, 5.74) is 1.33. The van der Waals surface area contributed by atoms with E-state index >= 15 is 0 Å². The van der Waals surface area contributed by atoms with Crippen LogP contribution in [-0.4, -0.2) is 41.4 Å². The zero-order valence-electron chi connectivity index (χ0n) is 12.2. The predicted octanol–water partition coefficient (Wildman–Crippen LogP) is 2.67. The molecule has 5 heteroatoms. The van der Waals surface area contributed by atoms with Crippen LogP contribution in [0.15, 0.2) is 28.8 Å². The fourth-order valence-electron chi connectivity index (χ4n) is 3.64. The maximum absolute atomic E-state index is 5.94. The van der Waals surface area contributed by atoms with E-state index in [2.05, 4.69) is 21.2 Å². The summed E-state index contributed by atoms with van der Waals surface area (Å²) in [5, 5.41) is 6.90. The Labute approximate surface area is 124 Å². The molecule has 112 valence electrons. The summed E-state index contributed by atoms with van der Waals surface area (Å²) in [6, 6.07) is 6.01. The van der Waals surface area contributed by atoms with Gasteiger partial charge in [-0.3, -0.25) is 10.00 Å². The van der Waals surface area contributed by atoms with Crippen LogP contribution in [0, 0.1) is 5.41 Å². The molecule has 2 aliphatic heterocycles. The number of furan rings is 1. The van der Waals surface area contributed by atoms with Crippen molar-refractivity contribution in [1.29, 1.82) is 0 Å². The van der Waals surface area contributed by atoms with Crippen molar-refractivity contribution in [3.63, 3.8) is 0 Å². The lowest BCUT2D eigenvalue weighted by Gasteiger charge is -2.39. The summed E-state index contributed by atoms with van der Waals surface area (Å²) in [6.07, 6.45) is 5.52. The molecule has 0 aliphatic carbocycles. The second-order valence-electron chi connectivity index (χ2n) is 6.35. The van der Waals surface area contributed by atoms with Gasteiger partial charge in [-0.25, -0.2) is 0 Å². The number of ether oxygens (including phenoxy) is 1. The zero-order valence-corrected chi connectivity index (χ0v) is 12.2. The molecule has 2 saturated heterocycles. The van der Waals surface area contributed by atoms with Crippen molar-refractivity contribution < 1.29 is 9.15 Å². The number of hydrogen-bond acceptors (Lipinski definition) is 4. The van der Waals surface area contributed by atoms with Gasteiger partial charge < -0.3 is 9.15 Å². The second-order valence-corrected chi connectivity index (χ2v) is 6.35. The van der Waals surface area contributed by atoms with Crippen molar-refractivity contribution in [3.05, 3.63) is 30.2 Å². The molecular weight excluding hydrogens is 266 g/mol. The number of rotatable bonds is 3. The van der Waals surface area contributed by atoms with E-state index in [1.165, 1.54) is 19.3 Å². The van der Waals surface area contributed by atoms with Crippen molar-refractivity contribution in [3.8, 4) is 11.5 Å². The smallest absolute Gasteiger partial charge is 0.152 e. The lowest BCUT2D eigenvalue weighted by molar-refractivity contribution is 0.0610. The second kappa shape index (κ2) is 5.31. The van der Waals surface area contributed by atoms with E-state index in [9.17, 15) is 0 Å². The van der Waals surface area contributed by atoms with Gasteiger partial charge in [0, 0.05) is 24.8 Å². The largest absolute Gasteiger partial charge is 0.458 e. The van der Waals surface area contributed by atoms with E-state index < -0.39 is 0 Å². The van der Waals surface area contributed by atoms with Crippen molar-refractivity contribution in [2.75, 3.05) is 26.3 Å². The first-order valence-electron chi connectivity index (χ1n) is 7.72. The summed E-state index contributed by atoms with van der Waals surface area (Å²) >= 11 is 0. The normalized spacial score (nSPS) is 26.7. The third kappa shape index (κ3) is 2.63. The number of nitrogens with one attached hydrogen (secondary N) is 1. The number of piperidine rings is 1. The fraction of sp³-hybridized carbons (Fsp3) is 0.562. The first-order chi connectivity index (χ1) is 10.3. The Balaban J connectivity index is 1.44. The Bertz CT molecular complexity index is 584. The monoisotopic (exact) mass is 287 g/mol. The molecule has 0 bridgehead atoms. The molecule has 0 unspecified atom stereocenters. The summed E-state index contributed by atoms with van der Waals surface area (Å²) < 4.78 is 11.6. The van der Waals surface area contributed by atoms with Gasteiger partial charge in [0.1, 0.15) is 11.5 Å². The van der Waals surface area contributed by atoms with Crippen LogP contribution in [0.3, 0.4) is 0 Å². The van der Waals surface area contributed by atoms with Gasteiger partial charge >= 0.3 is 0 Å². The van der Waals surface area contributed by atoms with Crippen molar-refractivity contribution in [1.82, 2.24) is 15.1 Å². The molecule has 21 heavy (non-hydrogen) atoms. The highest BCUT2D eigenvalue weighted by Gasteiger charge is 2.38. The number of H-pyrrole nitrogens is 1. The van der Waals surface area contributed by atoms with Crippen LogP contribution in [0.4, 0.5) is 0 Å². The quantitative estimate of drug-likeness (QED) is 0.943. The van der Waals surface area contributed by atoms with Gasteiger partial charge in [0.05, 0.1) is 13.2 Å². The number of aromatic nitrogens is 2. The molecule has 2 fully saturated rings. The van der Waals surface area contributed by atoms with Crippen molar-refractivity contribution >= 4 is 0 Å². The maximum Gasteiger partial charge on any atom is 0.152 e. The van der Waals surface area contributed by atoms with E-state index in [-0.39, 0.29) is 0 Å². The van der Waals surface area contributed by atoms with Crippen LogP contribution >= 0.6 is 0 Å². The highest BCUT2D eigenvalue weighted by molar-refractivity contribution is 5.51. The lowest BCUT2D eigenvalue weighted by Crippen LogP contribution is -2.43. The average molecular weight is 287 g/mol. The van der Waals surface area contributed by atoms with E-state index in [4.69, 9.17) is 9.15 Å². The standard InChI is InChI=1S/C16H21N3O2/c1-5-16(6-9-20-12-16)11-19(8-1)10-13-2-3-15(21-13)14-4-7-17-18-14/h2-4,7H,1,5-6,8-12H2,(H,17,18)/t16-/m1/s1. The van der Waals surface area contributed by atoms with Gasteiger partial charge in [-0.2, -0.15) is 5.10 Å². The third-order valence-corrected chi connectivity index (χ3v) is 4.73. The first kappa shape index (κ1) is 13.1. The number of hydrogen-bond donors (Lipinski definition) is 1. The highest BCUT2D eigenvalue weighted by atomic mass is 16.5. The van der Waals surface area contributed by atoms with Gasteiger partial charge in [0.25, 0.3) is 0 Å². The molecule has 0 aromatic carbocycles. The highest BCUT2D eigenvalue weighted by Crippen LogP contribution is 2.38. The van der Waals surface area contributed by atoms with Gasteiger partial charge in [-0.1, -0.05) is 0 Å². The minimum Gasteiger partial charge on any atom is -0.458 e. The Morgan fingerprint density at radius 1 is 1.29 bits per heavy atom. The SMILES string of the molecule is c1cc(-c2ccc(CN3CCC[C@@]4(CCOC4)C3)o2)[nH]n1. The number of likely N-dealkylation sites (tertiary alicyclic amines) is 1. The average Bonchev–Trinajstić information content (AvgIpc) is 3.20. The van der Waals surface area contributed by atoms with E-state index in [1.807, 2.05) is 12.1 Å². The van der Waals surface area contributed by atoms with E-state index in [0.717, 1.165) is 50.1 Å². The Kier molecular flexibility index (Phi) is 3.31. The number of nitrogens with zero attached hydrogens (tertiary/aromatic N) is 2. The minimum atomic E-state index is 0.400. The minimum absolute atomic E-state index is 0.400. The van der Waals surface area contributed by atoms with Gasteiger partial charge in [-0.15, -0.1) is 0 Å². The molecule has 2 aromatic rings. The topological polar surface area (TPSA) is 54.3 Å². The van der Waals surface area contributed by atoms with Crippen LogP contribution in [0.5, 0.6) is 0 Å². The van der Waals surface area contributed by atoms with Crippen molar-refractivity contribution in [2.45, 2.75) is 25.8 Å². The molecule has 4 rings (SSSR count). The Morgan fingerprint density at radius 2 is 2.29 bits per heavy atom. The van der Waals surface area contributed by atoms with Crippen LogP contribution in [0.25, 0.3) is 11.5 Å². The van der Waals surface area contributed by atoms with Crippen molar-refractivity contribution in [2.24, 2.45) is 5.41 Å². The molecule has 5 nitrogen and oxygen atoms in total. The molecule has 2 aromatic heterocycles. The van der Waals surface area contributed by atoms with Gasteiger partial charge in [0.15, 0.2) is 5.76 Å². The fourth-order valence-corrected chi connectivity index (χ4v) is 3.64. The molecule has 0 saturated carbocycles.